The van der Waals surface area contributed by atoms with E-state index in [2.05, 4.69) is 26.1 Å². The fraction of sp³-hybridized carbons (Fsp3) is 0.667. The van der Waals surface area contributed by atoms with Crippen LogP contribution in [0.1, 0.15) is 38.8 Å². The van der Waals surface area contributed by atoms with Crippen LogP contribution in [0.15, 0.2) is 23.0 Å². The van der Waals surface area contributed by atoms with Crippen molar-refractivity contribution in [1.82, 2.24) is 5.32 Å². The Bertz CT molecular complexity index is 246. The normalized spacial score (nSPS) is 13.3. The van der Waals surface area contributed by atoms with Crippen molar-refractivity contribution in [3.8, 4) is 0 Å². The highest BCUT2D eigenvalue weighted by Crippen LogP contribution is 2.21. The summed E-state index contributed by atoms with van der Waals surface area (Å²) in [7, 11) is 0. The molecule has 0 saturated carbocycles. The van der Waals surface area contributed by atoms with Gasteiger partial charge in [-0.25, -0.2) is 0 Å². The van der Waals surface area contributed by atoms with Gasteiger partial charge in [-0.3, -0.25) is 0 Å². The third-order valence-electron chi connectivity index (χ3n) is 2.18. The SMILES string of the molecule is CCCNC(CSC(C)C)c1ccoc1. The number of rotatable bonds is 7. The van der Waals surface area contributed by atoms with Gasteiger partial charge in [0.05, 0.1) is 12.5 Å². The second-order valence-electron chi connectivity index (χ2n) is 3.95. The molecule has 2 nitrogen and oxygen atoms in total. The summed E-state index contributed by atoms with van der Waals surface area (Å²) in [6.45, 7) is 7.72. The van der Waals surface area contributed by atoms with Gasteiger partial charge in [0.25, 0.3) is 0 Å². The molecule has 0 aromatic carbocycles. The first-order valence-corrected chi connectivity index (χ1v) is 6.66. The van der Waals surface area contributed by atoms with Crippen molar-refractivity contribution in [3.05, 3.63) is 24.2 Å². The van der Waals surface area contributed by atoms with Crippen molar-refractivity contribution in [2.24, 2.45) is 0 Å². The third kappa shape index (κ3) is 4.76. The number of hydrogen-bond donors (Lipinski definition) is 1. The number of hydrogen-bond acceptors (Lipinski definition) is 3. The zero-order valence-corrected chi connectivity index (χ0v) is 10.6. The maximum atomic E-state index is 5.13. The monoisotopic (exact) mass is 227 g/mol. The van der Waals surface area contributed by atoms with E-state index in [1.165, 1.54) is 12.0 Å². The summed E-state index contributed by atoms with van der Waals surface area (Å²) < 4.78 is 5.13. The van der Waals surface area contributed by atoms with Crippen molar-refractivity contribution in [2.75, 3.05) is 12.3 Å². The summed E-state index contributed by atoms with van der Waals surface area (Å²) in [5.41, 5.74) is 1.26. The lowest BCUT2D eigenvalue weighted by atomic mass is 10.2. The van der Waals surface area contributed by atoms with Gasteiger partial charge in [-0.05, 0) is 24.3 Å². The minimum Gasteiger partial charge on any atom is -0.472 e. The van der Waals surface area contributed by atoms with Gasteiger partial charge >= 0.3 is 0 Å². The molecule has 0 aliphatic rings. The summed E-state index contributed by atoms with van der Waals surface area (Å²) in [5.74, 6) is 1.11. The largest absolute Gasteiger partial charge is 0.472 e. The molecule has 3 heteroatoms. The van der Waals surface area contributed by atoms with Gasteiger partial charge in [-0.15, -0.1) is 0 Å². The van der Waals surface area contributed by atoms with E-state index in [0.29, 0.717) is 11.3 Å². The molecule has 0 spiro atoms. The number of thioether (sulfide) groups is 1. The van der Waals surface area contributed by atoms with Crippen molar-refractivity contribution >= 4 is 11.8 Å². The lowest BCUT2D eigenvalue weighted by Crippen LogP contribution is -2.24. The molecule has 15 heavy (non-hydrogen) atoms. The van der Waals surface area contributed by atoms with Gasteiger partial charge in [-0.2, -0.15) is 11.8 Å². The lowest BCUT2D eigenvalue weighted by molar-refractivity contribution is 0.540. The van der Waals surface area contributed by atoms with Crippen LogP contribution in [0.4, 0.5) is 0 Å². The Kier molecular flexibility index (Phi) is 5.88. The van der Waals surface area contributed by atoms with E-state index in [4.69, 9.17) is 4.42 Å². The van der Waals surface area contributed by atoms with Gasteiger partial charge in [0.1, 0.15) is 0 Å². The molecule has 0 saturated heterocycles. The van der Waals surface area contributed by atoms with Crippen molar-refractivity contribution in [2.45, 2.75) is 38.5 Å². The first-order chi connectivity index (χ1) is 7.24. The molecule has 0 amide bonds. The second kappa shape index (κ2) is 6.96. The number of nitrogens with one attached hydrogen (secondary N) is 1. The zero-order valence-electron chi connectivity index (χ0n) is 9.82. The van der Waals surface area contributed by atoms with E-state index in [1.54, 1.807) is 6.26 Å². The summed E-state index contributed by atoms with van der Waals surface area (Å²) in [4.78, 5) is 0. The van der Waals surface area contributed by atoms with Crippen molar-refractivity contribution in [1.29, 1.82) is 0 Å². The Morgan fingerprint density at radius 1 is 1.47 bits per heavy atom. The Labute approximate surface area is 96.8 Å². The van der Waals surface area contributed by atoms with E-state index in [1.807, 2.05) is 24.1 Å². The maximum absolute atomic E-state index is 5.13. The first kappa shape index (κ1) is 12.7. The lowest BCUT2D eigenvalue weighted by Gasteiger charge is -2.17. The fourth-order valence-electron chi connectivity index (χ4n) is 1.35. The van der Waals surface area contributed by atoms with Crippen LogP contribution in [0, 0.1) is 0 Å². The van der Waals surface area contributed by atoms with Crippen molar-refractivity contribution < 1.29 is 4.42 Å². The molecule has 0 fully saturated rings. The molecule has 0 radical (unpaired) electrons. The van der Waals surface area contributed by atoms with E-state index in [0.717, 1.165) is 12.3 Å². The highest BCUT2D eigenvalue weighted by Gasteiger charge is 2.12. The highest BCUT2D eigenvalue weighted by molar-refractivity contribution is 7.99. The van der Waals surface area contributed by atoms with Gasteiger partial charge in [-0.1, -0.05) is 20.8 Å². The van der Waals surface area contributed by atoms with Gasteiger partial charge < -0.3 is 9.73 Å². The minimum absolute atomic E-state index is 0.427. The van der Waals surface area contributed by atoms with Crippen molar-refractivity contribution in [3.63, 3.8) is 0 Å². The van der Waals surface area contributed by atoms with Crippen LogP contribution in [0.2, 0.25) is 0 Å². The van der Waals surface area contributed by atoms with E-state index < -0.39 is 0 Å². The van der Waals surface area contributed by atoms with Crippen LogP contribution >= 0.6 is 11.8 Å². The average molecular weight is 227 g/mol. The average Bonchev–Trinajstić information content (AvgIpc) is 2.71. The molecule has 1 N–H and O–H groups in total. The second-order valence-corrected chi connectivity index (χ2v) is 5.55. The molecule has 0 aliphatic carbocycles. The molecule has 0 bridgehead atoms. The fourth-order valence-corrected chi connectivity index (χ4v) is 2.24. The minimum atomic E-state index is 0.427. The van der Waals surface area contributed by atoms with E-state index in [-0.39, 0.29) is 0 Å². The van der Waals surface area contributed by atoms with E-state index in [9.17, 15) is 0 Å². The molecular weight excluding hydrogens is 206 g/mol. The molecule has 1 aromatic heterocycles. The van der Waals surface area contributed by atoms with Crippen LogP contribution in [0.5, 0.6) is 0 Å². The Morgan fingerprint density at radius 3 is 2.80 bits per heavy atom. The zero-order chi connectivity index (χ0) is 11.1. The van der Waals surface area contributed by atoms with E-state index >= 15 is 0 Å². The Morgan fingerprint density at radius 2 is 2.27 bits per heavy atom. The molecular formula is C12H21NOS. The van der Waals surface area contributed by atoms with Crippen LogP contribution in [0.3, 0.4) is 0 Å². The summed E-state index contributed by atoms with van der Waals surface area (Å²) in [6, 6.07) is 2.48. The van der Waals surface area contributed by atoms with Crippen LogP contribution in [-0.4, -0.2) is 17.5 Å². The van der Waals surface area contributed by atoms with Gasteiger partial charge in [0.15, 0.2) is 0 Å². The predicted octanol–water partition coefficient (Wildman–Crippen LogP) is 3.46. The third-order valence-corrected chi connectivity index (χ3v) is 3.37. The summed E-state index contributed by atoms with van der Waals surface area (Å²) in [5, 5.41) is 4.23. The molecule has 1 unspecified atom stereocenters. The highest BCUT2D eigenvalue weighted by atomic mass is 32.2. The van der Waals surface area contributed by atoms with Crippen LogP contribution in [-0.2, 0) is 0 Å². The molecule has 1 atom stereocenters. The molecule has 0 aliphatic heterocycles. The molecule has 1 aromatic rings. The first-order valence-electron chi connectivity index (χ1n) is 5.61. The topological polar surface area (TPSA) is 25.2 Å². The van der Waals surface area contributed by atoms with Gasteiger partial charge in [0, 0.05) is 17.4 Å². The maximum Gasteiger partial charge on any atom is 0.0950 e. The van der Waals surface area contributed by atoms with Gasteiger partial charge in [0.2, 0.25) is 0 Å². The number of furan rings is 1. The summed E-state index contributed by atoms with van der Waals surface area (Å²) in [6.07, 6.45) is 4.75. The molecule has 86 valence electrons. The summed E-state index contributed by atoms with van der Waals surface area (Å²) >= 11 is 1.98. The standard InChI is InChI=1S/C12H21NOS/c1-4-6-13-12(9-15-10(2)3)11-5-7-14-8-11/h5,7-8,10,12-13H,4,6,9H2,1-3H3. The molecule has 1 rings (SSSR count). The Balaban J connectivity index is 2.46. The predicted molar refractivity (Wildman–Crippen MR) is 67.3 cm³/mol. The van der Waals surface area contributed by atoms with Crippen LogP contribution in [0.25, 0.3) is 0 Å². The van der Waals surface area contributed by atoms with Crippen LogP contribution < -0.4 is 5.32 Å². The smallest absolute Gasteiger partial charge is 0.0950 e. The quantitative estimate of drug-likeness (QED) is 0.772. The molecule has 1 heterocycles. The Hall–Kier alpha value is -0.410.